The van der Waals surface area contributed by atoms with Crippen molar-refractivity contribution in [1.29, 1.82) is 0 Å². The molecule has 0 amide bonds. The smallest absolute Gasteiger partial charge is 0.316 e. The van der Waals surface area contributed by atoms with Crippen molar-refractivity contribution in [2.24, 2.45) is 28.8 Å². The number of cyclic esters (lactones) is 1. The molecular weight excluding hydrogens is 684 g/mol. The van der Waals surface area contributed by atoms with E-state index in [2.05, 4.69) is 5.16 Å². The molecule has 0 aliphatic carbocycles. The Labute approximate surface area is 315 Å². The molecule has 0 bridgehead atoms. The predicted molar refractivity (Wildman–Crippen MR) is 201 cm³/mol. The molecule has 2 fully saturated rings. The minimum absolute atomic E-state index is 0.0979. The molecule has 13 atom stereocenters. The highest BCUT2D eigenvalue weighted by atomic mass is 16.7. The second-order valence-electron chi connectivity index (χ2n) is 15.4. The molecule has 1 aromatic carbocycles. The van der Waals surface area contributed by atoms with E-state index in [9.17, 15) is 24.9 Å². The number of nitrogens with zero attached hydrogens (tertiary/aromatic N) is 2. The van der Waals surface area contributed by atoms with Crippen molar-refractivity contribution < 1.29 is 53.4 Å². The number of oxime groups is 1. The van der Waals surface area contributed by atoms with Gasteiger partial charge >= 0.3 is 5.97 Å². The van der Waals surface area contributed by atoms with E-state index < -0.39 is 77.3 Å². The van der Waals surface area contributed by atoms with Crippen molar-refractivity contribution in [3.05, 3.63) is 35.9 Å². The Morgan fingerprint density at radius 3 is 2.34 bits per heavy atom. The van der Waals surface area contributed by atoms with E-state index in [0.29, 0.717) is 12.1 Å². The van der Waals surface area contributed by atoms with Gasteiger partial charge in [0.15, 0.2) is 12.1 Å². The third-order valence-corrected chi connectivity index (χ3v) is 11.1. The third-order valence-electron chi connectivity index (χ3n) is 11.1. The Morgan fingerprint density at radius 1 is 1.06 bits per heavy atom. The Hall–Kier alpha value is -2.91. The van der Waals surface area contributed by atoms with E-state index in [-0.39, 0.29) is 31.6 Å². The minimum Gasteiger partial charge on any atom is -0.497 e. The molecule has 3 N–H and O–H groups in total. The first kappa shape index (κ1) is 44.5. The van der Waals surface area contributed by atoms with Gasteiger partial charge in [-0.2, -0.15) is 0 Å². The van der Waals surface area contributed by atoms with Crippen LogP contribution in [-0.4, -0.2) is 127 Å². The van der Waals surface area contributed by atoms with Crippen LogP contribution in [0.5, 0.6) is 5.75 Å². The number of hydrogen-bond donors (Lipinski definition) is 3. The van der Waals surface area contributed by atoms with Crippen LogP contribution >= 0.6 is 0 Å². The Balaban J connectivity index is 2.10. The van der Waals surface area contributed by atoms with Crippen LogP contribution in [0.4, 0.5) is 0 Å². The fourth-order valence-electron chi connectivity index (χ4n) is 7.70. The van der Waals surface area contributed by atoms with E-state index >= 15 is 0 Å². The van der Waals surface area contributed by atoms with Crippen LogP contribution in [0.3, 0.4) is 0 Å². The molecule has 53 heavy (non-hydrogen) atoms. The van der Waals surface area contributed by atoms with Crippen LogP contribution in [-0.2, 0) is 33.4 Å². The third kappa shape index (κ3) is 10.7. The van der Waals surface area contributed by atoms with Gasteiger partial charge in [0, 0.05) is 30.9 Å². The second-order valence-corrected chi connectivity index (χ2v) is 15.4. The molecule has 0 unspecified atom stereocenters. The van der Waals surface area contributed by atoms with Crippen LogP contribution in [0.2, 0.25) is 0 Å². The largest absolute Gasteiger partial charge is 0.497 e. The SMILES string of the molecule is CC[C@H]1OC(=O)[C@H](C)C(=O)[C@H](C)[C@@H](O[C@@H]2O[C@H](C)C[C@H](N(C)C)[C@H]2O)[C@](C)(OC)C[C@@H](C)/C(=N\OC/C=C/c2cccc(OC)c2)[C@H](C)[C@@H](O)[C@]1(C)O. The molecule has 2 aliphatic rings. The summed E-state index contributed by atoms with van der Waals surface area (Å²) in [7, 11) is 6.86. The van der Waals surface area contributed by atoms with Crippen molar-refractivity contribution in [2.45, 2.75) is 129 Å². The Bertz CT molecular complexity index is 1420. The summed E-state index contributed by atoms with van der Waals surface area (Å²) in [6, 6.07) is 7.27. The first-order chi connectivity index (χ1) is 24.8. The lowest BCUT2D eigenvalue weighted by molar-refractivity contribution is -0.295. The summed E-state index contributed by atoms with van der Waals surface area (Å²) >= 11 is 0. The van der Waals surface area contributed by atoms with Gasteiger partial charge in [-0.05, 0) is 84.8 Å². The molecule has 2 heterocycles. The zero-order valence-corrected chi connectivity index (χ0v) is 33.6. The summed E-state index contributed by atoms with van der Waals surface area (Å²) in [5.41, 5.74) is -1.83. The lowest BCUT2D eigenvalue weighted by Crippen LogP contribution is -2.60. The number of aliphatic hydroxyl groups is 3. The standard InChI is InChI=1S/C40H64N2O11/c1-13-31-40(8,47)35(45)25(4)32(41-50-19-15-17-28-16-14-18-29(21-28)48-11)23(2)22-39(7,49-12)36(26(5)33(43)27(6)37(46)52-31)53-38-34(44)30(42(9)10)20-24(3)51-38/h14-18,21,23-27,30-31,34-36,38,44-45,47H,13,19-20,22H2,1-12H3/b17-15+,41-32+/t23-,24-,25+,26+,27-,30+,31-,34-,35-,36-,38+,39-,40-/m1/s1. The van der Waals surface area contributed by atoms with Crippen LogP contribution < -0.4 is 4.74 Å². The first-order valence-electron chi connectivity index (χ1n) is 18.7. The highest BCUT2D eigenvalue weighted by molar-refractivity contribution is 6.00. The monoisotopic (exact) mass is 748 g/mol. The number of aliphatic hydroxyl groups excluding tert-OH is 2. The maximum atomic E-state index is 14.1. The Kier molecular flexibility index (Phi) is 16.0. The second kappa shape index (κ2) is 19.1. The number of hydrogen-bond acceptors (Lipinski definition) is 13. The molecule has 0 aromatic heterocycles. The molecule has 300 valence electrons. The molecule has 0 saturated carbocycles. The number of ketones is 1. The quantitative estimate of drug-likeness (QED) is 0.135. The Morgan fingerprint density at radius 2 is 1.74 bits per heavy atom. The summed E-state index contributed by atoms with van der Waals surface area (Å²) in [6.45, 7) is 13.7. The number of ether oxygens (including phenoxy) is 5. The first-order valence-corrected chi connectivity index (χ1v) is 18.7. The predicted octanol–water partition coefficient (Wildman–Crippen LogP) is 4.25. The van der Waals surface area contributed by atoms with E-state index in [0.717, 1.165) is 11.3 Å². The van der Waals surface area contributed by atoms with Gasteiger partial charge in [-0.3, -0.25) is 9.59 Å². The topological polar surface area (TPSA) is 166 Å². The number of carbonyl (C=O) groups is 2. The van der Waals surface area contributed by atoms with Crippen LogP contribution in [0.15, 0.2) is 35.5 Å². The molecule has 3 rings (SSSR count). The highest BCUT2D eigenvalue weighted by Crippen LogP contribution is 2.38. The van der Waals surface area contributed by atoms with Crippen molar-refractivity contribution in [1.82, 2.24) is 4.90 Å². The number of rotatable bonds is 10. The molecule has 0 spiro atoms. The maximum absolute atomic E-state index is 14.1. The zero-order chi connectivity index (χ0) is 39.8. The molecule has 2 saturated heterocycles. The van der Waals surface area contributed by atoms with Gasteiger partial charge < -0.3 is 48.7 Å². The fraction of sp³-hybridized carbons (Fsp3) is 0.725. The molecule has 1 aromatic rings. The summed E-state index contributed by atoms with van der Waals surface area (Å²) in [5.74, 6) is -4.03. The van der Waals surface area contributed by atoms with Gasteiger partial charge in [0.1, 0.15) is 36.1 Å². The van der Waals surface area contributed by atoms with E-state index in [1.165, 1.54) is 21.0 Å². The number of esters is 1. The van der Waals surface area contributed by atoms with Gasteiger partial charge in [-0.1, -0.05) is 51.1 Å². The summed E-state index contributed by atoms with van der Waals surface area (Å²) < 4.78 is 30.1. The van der Waals surface area contributed by atoms with E-state index in [1.807, 2.05) is 63.2 Å². The fourth-order valence-corrected chi connectivity index (χ4v) is 7.70. The number of Topliss-reactive ketones (excluding diaryl/α,β-unsaturated/α-hetero) is 1. The van der Waals surface area contributed by atoms with Crippen molar-refractivity contribution in [3.63, 3.8) is 0 Å². The van der Waals surface area contributed by atoms with Crippen LogP contribution in [0.1, 0.15) is 80.2 Å². The average Bonchev–Trinajstić information content (AvgIpc) is 3.12. The lowest BCUT2D eigenvalue weighted by Gasteiger charge is -2.47. The zero-order valence-electron chi connectivity index (χ0n) is 33.6. The normalized spacial score (nSPS) is 38.9. The van der Waals surface area contributed by atoms with E-state index in [1.54, 1.807) is 40.9 Å². The average molecular weight is 749 g/mol. The number of likely N-dealkylation sites (N-methyl/N-ethyl adjacent to an activating group) is 1. The molecule has 13 heteroatoms. The minimum atomic E-state index is -1.92. The molecule has 13 nitrogen and oxygen atoms in total. The summed E-state index contributed by atoms with van der Waals surface area (Å²) in [6.07, 6.45) is -1.41. The van der Waals surface area contributed by atoms with Gasteiger partial charge in [0.2, 0.25) is 0 Å². The summed E-state index contributed by atoms with van der Waals surface area (Å²) in [5, 5.41) is 39.5. The van der Waals surface area contributed by atoms with Crippen molar-refractivity contribution >= 4 is 23.5 Å². The highest BCUT2D eigenvalue weighted by Gasteiger charge is 2.51. The van der Waals surface area contributed by atoms with Crippen LogP contribution in [0, 0.1) is 23.7 Å². The van der Waals surface area contributed by atoms with Gasteiger partial charge in [0.05, 0.1) is 36.7 Å². The van der Waals surface area contributed by atoms with Gasteiger partial charge in [-0.25, -0.2) is 0 Å². The number of carbonyl (C=O) groups excluding carboxylic acids is 2. The molecule has 2 aliphatic heterocycles. The van der Waals surface area contributed by atoms with Gasteiger partial charge in [0.25, 0.3) is 0 Å². The lowest BCUT2D eigenvalue weighted by atomic mass is 9.74. The maximum Gasteiger partial charge on any atom is 0.316 e. The van der Waals surface area contributed by atoms with Crippen molar-refractivity contribution in [3.8, 4) is 5.75 Å². The van der Waals surface area contributed by atoms with Gasteiger partial charge in [-0.15, -0.1) is 0 Å². The van der Waals surface area contributed by atoms with Crippen molar-refractivity contribution in [2.75, 3.05) is 34.9 Å². The number of methoxy groups -OCH3 is 2. The molecule has 0 radical (unpaired) electrons. The summed E-state index contributed by atoms with van der Waals surface area (Å²) in [4.78, 5) is 35.4. The van der Waals surface area contributed by atoms with Crippen LogP contribution in [0.25, 0.3) is 6.08 Å². The number of benzene rings is 1. The molecular formula is C40H64N2O11. The van der Waals surface area contributed by atoms with E-state index in [4.69, 9.17) is 28.5 Å².